The first kappa shape index (κ1) is 13.5. The molecule has 0 heterocycles. The molecule has 0 unspecified atom stereocenters. The summed E-state index contributed by atoms with van der Waals surface area (Å²) in [5.74, 6) is -0.121. The topological polar surface area (TPSA) is 55.1 Å². The second kappa shape index (κ2) is 5.80. The van der Waals surface area contributed by atoms with Crippen LogP contribution in [0.4, 0.5) is 11.4 Å². The number of anilines is 2. The third kappa shape index (κ3) is 3.76. The van der Waals surface area contributed by atoms with Gasteiger partial charge in [0.2, 0.25) is 5.91 Å². The van der Waals surface area contributed by atoms with Gasteiger partial charge in [0.15, 0.2) is 0 Å². The van der Waals surface area contributed by atoms with Crippen molar-refractivity contribution in [2.45, 2.75) is 23.6 Å². The van der Waals surface area contributed by atoms with Gasteiger partial charge in [-0.3, -0.25) is 4.79 Å². The third-order valence-electron chi connectivity index (χ3n) is 2.59. The average molecular weight is 272 g/mol. The van der Waals surface area contributed by atoms with Crippen molar-refractivity contribution < 1.29 is 4.79 Å². The maximum Gasteiger partial charge on any atom is 0.221 e. The monoisotopic (exact) mass is 272 g/mol. The van der Waals surface area contributed by atoms with E-state index in [4.69, 9.17) is 5.73 Å². The van der Waals surface area contributed by atoms with Crippen LogP contribution in [0.15, 0.2) is 52.3 Å². The largest absolute Gasteiger partial charge is 0.397 e. The van der Waals surface area contributed by atoms with E-state index in [1.807, 2.05) is 18.2 Å². The van der Waals surface area contributed by atoms with Gasteiger partial charge in [-0.15, -0.1) is 0 Å². The summed E-state index contributed by atoms with van der Waals surface area (Å²) in [5, 5.41) is 2.73. The third-order valence-corrected chi connectivity index (χ3v) is 3.59. The lowest BCUT2D eigenvalue weighted by Crippen LogP contribution is -2.07. The highest BCUT2D eigenvalue weighted by molar-refractivity contribution is 7.99. The maximum absolute atomic E-state index is 11.1. The minimum Gasteiger partial charge on any atom is -0.397 e. The summed E-state index contributed by atoms with van der Waals surface area (Å²) >= 11 is 1.64. The summed E-state index contributed by atoms with van der Waals surface area (Å²) in [4.78, 5) is 13.3. The second-order valence-corrected chi connectivity index (χ2v) is 5.49. The average Bonchev–Trinajstić information content (AvgIpc) is 2.36. The fraction of sp³-hybridized carbons (Fsp3) is 0.133. The van der Waals surface area contributed by atoms with Gasteiger partial charge in [-0.1, -0.05) is 29.5 Å². The fourth-order valence-corrected chi connectivity index (χ4v) is 2.50. The number of carbonyl (C=O) groups is 1. The molecule has 2 aromatic carbocycles. The summed E-state index contributed by atoms with van der Waals surface area (Å²) < 4.78 is 0. The molecule has 3 N–H and O–H groups in total. The molecule has 98 valence electrons. The first-order valence-corrected chi connectivity index (χ1v) is 6.78. The molecular formula is C15H16N2OS. The van der Waals surface area contributed by atoms with Crippen molar-refractivity contribution in [3.8, 4) is 0 Å². The van der Waals surface area contributed by atoms with Crippen LogP contribution in [0.3, 0.4) is 0 Å². The SMILES string of the molecule is CC(=O)Nc1cc(Sc2ccc(C)cc2)ccc1N. The summed E-state index contributed by atoms with van der Waals surface area (Å²) in [7, 11) is 0. The van der Waals surface area contributed by atoms with Crippen LogP contribution in [0.1, 0.15) is 12.5 Å². The Labute approximate surface area is 117 Å². The summed E-state index contributed by atoms with van der Waals surface area (Å²) in [5.41, 5.74) is 8.29. The molecule has 3 nitrogen and oxygen atoms in total. The molecule has 0 atom stereocenters. The Balaban J connectivity index is 2.21. The Bertz CT molecular complexity index is 594. The van der Waals surface area contributed by atoms with Crippen LogP contribution in [0.5, 0.6) is 0 Å². The number of nitrogens with two attached hydrogens (primary N) is 1. The van der Waals surface area contributed by atoms with Crippen molar-refractivity contribution >= 4 is 29.0 Å². The number of benzene rings is 2. The van der Waals surface area contributed by atoms with Gasteiger partial charge >= 0.3 is 0 Å². The van der Waals surface area contributed by atoms with E-state index in [-0.39, 0.29) is 5.91 Å². The van der Waals surface area contributed by atoms with Gasteiger partial charge in [0.1, 0.15) is 0 Å². The molecule has 0 saturated carbocycles. The van der Waals surface area contributed by atoms with Crippen LogP contribution < -0.4 is 11.1 Å². The highest BCUT2D eigenvalue weighted by Crippen LogP contribution is 2.31. The first-order chi connectivity index (χ1) is 9.04. The van der Waals surface area contributed by atoms with E-state index in [0.717, 1.165) is 9.79 Å². The standard InChI is InChI=1S/C15H16N2OS/c1-10-3-5-12(6-4-10)19-13-7-8-14(16)15(9-13)17-11(2)18/h3-9H,16H2,1-2H3,(H,17,18). The van der Waals surface area contributed by atoms with E-state index < -0.39 is 0 Å². The van der Waals surface area contributed by atoms with E-state index in [9.17, 15) is 4.79 Å². The summed E-state index contributed by atoms with van der Waals surface area (Å²) in [6, 6.07) is 14.0. The van der Waals surface area contributed by atoms with E-state index >= 15 is 0 Å². The quantitative estimate of drug-likeness (QED) is 0.838. The second-order valence-electron chi connectivity index (χ2n) is 4.35. The molecule has 0 fully saturated rings. The van der Waals surface area contributed by atoms with Crippen molar-refractivity contribution in [2.24, 2.45) is 0 Å². The fourth-order valence-electron chi connectivity index (χ4n) is 1.64. The normalized spacial score (nSPS) is 10.2. The van der Waals surface area contributed by atoms with E-state index in [2.05, 4.69) is 36.5 Å². The molecule has 0 aliphatic carbocycles. The first-order valence-electron chi connectivity index (χ1n) is 5.96. The van der Waals surface area contributed by atoms with Crippen LogP contribution in [-0.4, -0.2) is 5.91 Å². The molecule has 19 heavy (non-hydrogen) atoms. The van der Waals surface area contributed by atoms with Gasteiger partial charge in [0.05, 0.1) is 11.4 Å². The van der Waals surface area contributed by atoms with E-state index in [0.29, 0.717) is 11.4 Å². The van der Waals surface area contributed by atoms with E-state index in [1.165, 1.54) is 12.5 Å². The molecule has 1 amide bonds. The lowest BCUT2D eigenvalue weighted by molar-refractivity contribution is -0.114. The Morgan fingerprint density at radius 1 is 1.11 bits per heavy atom. The summed E-state index contributed by atoms with van der Waals surface area (Å²) in [6.45, 7) is 3.53. The number of nitrogens with one attached hydrogen (secondary N) is 1. The molecule has 0 spiro atoms. The van der Waals surface area contributed by atoms with Crippen LogP contribution in [0, 0.1) is 6.92 Å². The Hall–Kier alpha value is -1.94. The van der Waals surface area contributed by atoms with Gasteiger partial charge in [-0.05, 0) is 37.3 Å². The number of hydrogen-bond acceptors (Lipinski definition) is 3. The highest BCUT2D eigenvalue weighted by atomic mass is 32.2. The smallest absolute Gasteiger partial charge is 0.221 e. The summed E-state index contributed by atoms with van der Waals surface area (Å²) in [6.07, 6.45) is 0. The number of aryl methyl sites for hydroxylation is 1. The Morgan fingerprint density at radius 2 is 1.74 bits per heavy atom. The zero-order valence-corrected chi connectivity index (χ0v) is 11.8. The molecule has 0 saturated heterocycles. The predicted octanol–water partition coefficient (Wildman–Crippen LogP) is 3.69. The number of hydrogen-bond donors (Lipinski definition) is 2. The molecule has 0 aliphatic heterocycles. The molecule has 4 heteroatoms. The van der Waals surface area contributed by atoms with E-state index in [1.54, 1.807) is 11.8 Å². The highest BCUT2D eigenvalue weighted by Gasteiger charge is 2.04. The lowest BCUT2D eigenvalue weighted by atomic mass is 10.2. The van der Waals surface area contributed by atoms with Gasteiger partial charge in [0.25, 0.3) is 0 Å². The van der Waals surface area contributed by atoms with Crippen molar-refractivity contribution in [3.05, 3.63) is 48.0 Å². The van der Waals surface area contributed by atoms with Crippen molar-refractivity contribution in [3.63, 3.8) is 0 Å². The van der Waals surface area contributed by atoms with Crippen molar-refractivity contribution in [1.29, 1.82) is 0 Å². The maximum atomic E-state index is 11.1. The molecule has 0 aliphatic rings. The molecule has 0 bridgehead atoms. The molecular weight excluding hydrogens is 256 g/mol. The van der Waals surface area contributed by atoms with Gasteiger partial charge < -0.3 is 11.1 Å². The van der Waals surface area contributed by atoms with Crippen molar-refractivity contribution in [1.82, 2.24) is 0 Å². The van der Waals surface area contributed by atoms with Crippen LogP contribution in [0.25, 0.3) is 0 Å². The minimum atomic E-state index is -0.121. The zero-order chi connectivity index (χ0) is 13.8. The Morgan fingerprint density at radius 3 is 2.37 bits per heavy atom. The number of carbonyl (C=O) groups excluding carboxylic acids is 1. The van der Waals surface area contributed by atoms with Crippen LogP contribution in [0.2, 0.25) is 0 Å². The minimum absolute atomic E-state index is 0.121. The van der Waals surface area contributed by atoms with Crippen LogP contribution >= 0.6 is 11.8 Å². The number of rotatable bonds is 3. The van der Waals surface area contributed by atoms with Gasteiger partial charge in [-0.2, -0.15) is 0 Å². The zero-order valence-electron chi connectivity index (χ0n) is 10.9. The molecule has 2 aromatic rings. The predicted molar refractivity (Wildman–Crippen MR) is 80.5 cm³/mol. The number of nitrogen functional groups attached to an aromatic ring is 1. The van der Waals surface area contributed by atoms with Crippen LogP contribution in [-0.2, 0) is 4.79 Å². The molecule has 2 rings (SSSR count). The van der Waals surface area contributed by atoms with Gasteiger partial charge in [0, 0.05) is 16.7 Å². The molecule has 0 radical (unpaired) electrons. The molecule has 0 aromatic heterocycles. The lowest BCUT2D eigenvalue weighted by Gasteiger charge is -2.09. The number of amides is 1. The van der Waals surface area contributed by atoms with Crippen molar-refractivity contribution in [2.75, 3.05) is 11.1 Å². The Kier molecular flexibility index (Phi) is 4.12. The van der Waals surface area contributed by atoms with Gasteiger partial charge in [-0.25, -0.2) is 0 Å².